The largest absolute Gasteiger partial charge is 0.475 e. The van der Waals surface area contributed by atoms with Gasteiger partial charge in [0, 0.05) is 34.9 Å². The van der Waals surface area contributed by atoms with Crippen LogP contribution in [0, 0.1) is 0 Å². The molecule has 1 heterocycles. The number of carbonyl (C=O) groups is 1. The van der Waals surface area contributed by atoms with E-state index in [4.69, 9.17) is 9.52 Å². The standard InChI is InChI=1S/C10H15NO4S/c1-16(14)6-2-4-11-7-8-3-5-15-9(8)10(12)13/h3,5,11H,2,4,6-7H2,1H3,(H,12,13). The Balaban J connectivity index is 2.29. The molecule has 2 N–H and O–H groups in total. The van der Waals surface area contributed by atoms with Gasteiger partial charge in [0.05, 0.1) is 6.26 Å². The van der Waals surface area contributed by atoms with Crippen molar-refractivity contribution >= 4 is 16.8 Å². The quantitative estimate of drug-likeness (QED) is 0.696. The van der Waals surface area contributed by atoms with Gasteiger partial charge in [-0.15, -0.1) is 0 Å². The zero-order chi connectivity index (χ0) is 12.0. The molecule has 1 aromatic heterocycles. The number of hydrogen-bond donors (Lipinski definition) is 2. The van der Waals surface area contributed by atoms with E-state index in [0.29, 0.717) is 24.4 Å². The zero-order valence-corrected chi connectivity index (χ0v) is 9.88. The molecule has 0 radical (unpaired) electrons. The average molecular weight is 245 g/mol. The summed E-state index contributed by atoms with van der Waals surface area (Å²) >= 11 is 0. The van der Waals surface area contributed by atoms with Crippen LogP contribution in [0.3, 0.4) is 0 Å². The van der Waals surface area contributed by atoms with Gasteiger partial charge in [0.15, 0.2) is 0 Å². The van der Waals surface area contributed by atoms with E-state index in [1.54, 1.807) is 12.3 Å². The molecule has 0 saturated carbocycles. The third kappa shape index (κ3) is 4.16. The van der Waals surface area contributed by atoms with Crippen LogP contribution in [0.25, 0.3) is 0 Å². The molecule has 90 valence electrons. The number of hydrogen-bond acceptors (Lipinski definition) is 4. The first-order valence-electron chi connectivity index (χ1n) is 4.91. The minimum atomic E-state index is -1.06. The van der Waals surface area contributed by atoms with E-state index in [0.717, 1.165) is 6.42 Å². The fourth-order valence-electron chi connectivity index (χ4n) is 1.29. The highest BCUT2D eigenvalue weighted by Gasteiger charge is 2.12. The van der Waals surface area contributed by atoms with Gasteiger partial charge in [0.2, 0.25) is 5.76 Å². The summed E-state index contributed by atoms with van der Waals surface area (Å²) in [7, 11) is -0.770. The van der Waals surface area contributed by atoms with Crippen molar-refractivity contribution in [3.8, 4) is 0 Å². The second-order valence-corrected chi connectivity index (χ2v) is 4.94. The first-order valence-corrected chi connectivity index (χ1v) is 6.64. The van der Waals surface area contributed by atoms with Gasteiger partial charge < -0.3 is 14.8 Å². The predicted molar refractivity (Wildman–Crippen MR) is 60.9 cm³/mol. The van der Waals surface area contributed by atoms with Crippen molar-refractivity contribution < 1.29 is 18.5 Å². The van der Waals surface area contributed by atoms with Crippen LogP contribution in [0.15, 0.2) is 16.7 Å². The number of furan rings is 1. The highest BCUT2D eigenvalue weighted by Crippen LogP contribution is 2.09. The van der Waals surface area contributed by atoms with E-state index < -0.39 is 16.8 Å². The summed E-state index contributed by atoms with van der Waals surface area (Å²) in [6.07, 6.45) is 3.84. The van der Waals surface area contributed by atoms with Crippen molar-refractivity contribution in [1.82, 2.24) is 5.32 Å². The fraction of sp³-hybridized carbons (Fsp3) is 0.500. The summed E-state index contributed by atoms with van der Waals surface area (Å²) < 4.78 is 15.6. The molecule has 1 rings (SSSR count). The third-order valence-corrected chi connectivity index (χ3v) is 2.91. The molecule has 0 aliphatic carbocycles. The lowest BCUT2D eigenvalue weighted by atomic mass is 10.2. The SMILES string of the molecule is CS(=O)CCCNCc1ccoc1C(=O)O. The van der Waals surface area contributed by atoms with Crippen molar-refractivity contribution in [2.24, 2.45) is 0 Å². The number of nitrogens with one attached hydrogen (secondary N) is 1. The molecule has 0 aliphatic heterocycles. The van der Waals surface area contributed by atoms with E-state index in [-0.39, 0.29) is 5.76 Å². The molecule has 0 spiro atoms. The van der Waals surface area contributed by atoms with Crippen molar-refractivity contribution in [3.63, 3.8) is 0 Å². The maximum absolute atomic E-state index is 10.8. The van der Waals surface area contributed by atoms with Crippen LogP contribution < -0.4 is 5.32 Å². The van der Waals surface area contributed by atoms with Crippen molar-refractivity contribution in [1.29, 1.82) is 0 Å². The van der Waals surface area contributed by atoms with E-state index >= 15 is 0 Å². The topological polar surface area (TPSA) is 79.5 Å². The van der Waals surface area contributed by atoms with E-state index in [1.807, 2.05) is 0 Å². The molecule has 1 unspecified atom stereocenters. The molecule has 1 atom stereocenters. The van der Waals surface area contributed by atoms with E-state index in [2.05, 4.69) is 5.32 Å². The summed E-state index contributed by atoms with van der Waals surface area (Å²) in [6, 6.07) is 1.63. The Kier molecular flexibility index (Phi) is 5.21. The van der Waals surface area contributed by atoms with Gasteiger partial charge in [0.25, 0.3) is 0 Å². The van der Waals surface area contributed by atoms with Gasteiger partial charge in [-0.25, -0.2) is 4.79 Å². The van der Waals surface area contributed by atoms with Crippen molar-refractivity contribution in [2.75, 3.05) is 18.6 Å². The maximum Gasteiger partial charge on any atom is 0.372 e. The van der Waals surface area contributed by atoms with Gasteiger partial charge in [-0.1, -0.05) is 0 Å². The van der Waals surface area contributed by atoms with Crippen molar-refractivity contribution in [2.45, 2.75) is 13.0 Å². The molecule has 0 amide bonds. The Labute approximate surface area is 96.3 Å². The molecular formula is C10H15NO4S. The number of carboxylic acids is 1. The van der Waals surface area contributed by atoms with Gasteiger partial charge in [0.1, 0.15) is 0 Å². The molecule has 6 heteroatoms. The van der Waals surface area contributed by atoms with Crippen LogP contribution in [-0.4, -0.2) is 33.8 Å². The Morgan fingerprint density at radius 1 is 1.62 bits per heavy atom. The Hall–Kier alpha value is -1.14. The van der Waals surface area contributed by atoms with Crippen LogP contribution >= 0.6 is 0 Å². The Bertz CT molecular complexity index is 375. The molecule has 16 heavy (non-hydrogen) atoms. The lowest BCUT2D eigenvalue weighted by molar-refractivity contribution is 0.0660. The first kappa shape index (κ1) is 12.9. The predicted octanol–water partition coefficient (Wildman–Crippen LogP) is 0.836. The lowest BCUT2D eigenvalue weighted by Gasteiger charge is -2.02. The summed E-state index contributed by atoms with van der Waals surface area (Å²) in [5, 5.41) is 11.8. The summed E-state index contributed by atoms with van der Waals surface area (Å²) in [6.45, 7) is 1.16. The Morgan fingerprint density at radius 2 is 2.38 bits per heavy atom. The third-order valence-electron chi connectivity index (χ3n) is 2.04. The molecule has 1 aromatic rings. The summed E-state index contributed by atoms with van der Waals surface area (Å²) in [4.78, 5) is 10.7. The molecule has 5 nitrogen and oxygen atoms in total. The monoisotopic (exact) mass is 245 g/mol. The second kappa shape index (κ2) is 6.44. The van der Waals surface area contributed by atoms with E-state index in [9.17, 15) is 9.00 Å². The molecule has 0 aromatic carbocycles. The minimum Gasteiger partial charge on any atom is -0.475 e. The number of rotatable bonds is 7. The number of aromatic carboxylic acids is 1. The number of carboxylic acid groups (broad SMARTS) is 1. The first-order chi connectivity index (χ1) is 7.61. The molecule has 0 bridgehead atoms. The normalized spacial score (nSPS) is 12.6. The van der Waals surface area contributed by atoms with Crippen LogP contribution in [0.2, 0.25) is 0 Å². The van der Waals surface area contributed by atoms with Gasteiger partial charge in [-0.2, -0.15) is 0 Å². The second-order valence-electron chi connectivity index (χ2n) is 3.39. The molecule has 0 saturated heterocycles. The van der Waals surface area contributed by atoms with Crippen LogP contribution in [0.1, 0.15) is 22.5 Å². The Morgan fingerprint density at radius 3 is 3.00 bits per heavy atom. The summed E-state index contributed by atoms with van der Waals surface area (Å²) in [5.41, 5.74) is 0.630. The van der Waals surface area contributed by atoms with Crippen LogP contribution in [0.4, 0.5) is 0 Å². The average Bonchev–Trinajstić information content (AvgIpc) is 2.65. The molecule has 0 fully saturated rings. The molecule has 0 aliphatic rings. The van der Waals surface area contributed by atoms with Crippen molar-refractivity contribution in [3.05, 3.63) is 23.7 Å². The maximum atomic E-state index is 10.8. The highest BCUT2D eigenvalue weighted by molar-refractivity contribution is 7.84. The van der Waals surface area contributed by atoms with Crippen LogP contribution in [-0.2, 0) is 17.3 Å². The summed E-state index contributed by atoms with van der Waals surface area (Å²) in [5.74, 6) is -0.424. The fourth-order valence-corrected chi connectivity index (χ4v) is 1.84. The smallest absolute Gasteiger partial charge is 0.372 e. The van der Waals surface area contributed by atoms with Gasteiger partial charge in [-0.05, 0) is 19.0 Å². The zero-order valence-electron chi connectivity index (χ0n) is 9.06. The van der Waals surface area contributed by atoms with Gasteiger partial charge in [-0.3, -0.25) is 4.21 Å². The van der Waals surface area contributed by atoms with Crippen LogP contribution in [0.5, 0.6) is 0 Å². The molecular weight excluding hydrogens is 230 g/mol. The lowest BCUT2D eigenvalue weighted by Crippen LogP contribution is -2.17. The minimum absolute atomic E-state index is 0.0217. The highest BCUT2D eigenvalue weighted by atomic mass is 32.2. The van der Waals surface area contributed by atoms with E-state index in [1.165, 1.54) is 6.26 Å². The van der Waals surface area contributed by atoms with Gasteiger partial charge >= 0.3 is 5.97 Å².